The minimum Gasteiger partial charge on any atom is -0.339 e. The number of piperazine rings is 1. The number of nitrogens with zero attached hydrogens (tertiary/aromatic N) is 4. The van der Waals surface area contributed by atoms with E-state index in [4.69, 9.17) is 0 Å². The summed E-state index contributed by atoms with van der Waals surface area (Å²) in [5, 5.41) is 0.857. The van der Waals surface area contributed by atoms with Crippen LogP contribution < -0.4 is 0 Å². The van der Waals surface area contributed by atoms with Crippen molar-refractivity contribution in [1.29, 1.82) is 0 Å². The summed E-state index contributed by atoms with van der Waals surface area (Å²) in [6, 6.07) is 18.7. The Morgan fingerprint density at radius 1 is 1.00 bits per heavy atom. The van der Waals surface area contributed by atoms with Crippen LogP contribution in [0.15, 0.2) is 72.1 Å². The van der Waals surface area contributed by atoms with Crippen molar-refractivity contribution >= 4 is 17.7 Å². The molecule has 2 aromatic carbocycles. The molecular weight excluding hydrogens is 380 g/mol. The maximum Gasteiger partial charge on any atom is 0.233 e. The zero-order valence-corrected chi connectivity index (χ0v) is 17.5. The Bertz CT molecular complexity index is 948. The van der Waals surface area contributed by atoms with Crippen LogP contribution in [-0.2, 0) is 11.3 Å². The van der Waals surface area contributed by atoms with Gasteiger partial charge in [-0.05, 0) is 24.1 Å². The number of aromatic nitrogens is 2. The maximum atomic E-state index is 12.7. The summed E-state index contributed by atoms with van der Waals surface area (Å²) in [5.74, 6) is 0.607. The standard InChI is InChI=1S/C23H26N4OS/c1-19-7-5-6-10-21(19)27-12-11-24-23(27)29-18-22(28)26-15-13-25(14-16-26)17-20-8-3-2-4-9-20/h2-12H,13-18H2,1H3. The maximum absolute atomic E-state index is 12.7. The zero-order chi connectivity index (χ0) is 20.1. The summed E-state index contributed by atoms with van der Waals surface area (Å²) in [5.41, 5.74) is 3.62. The molecule has 1 aromatic heterocycles. The average Bonchev–Trinajstić information content (AvgIpc) is 3.22. The predicted octanol–water partition coefficient (Wildman–Crippen LogP) is 3.62. The van der Waals surface area contributed by atoms with Crippen LogP contribution in [0.4, 0.5) is 0 Å². The first kappa shape index (κ1) is 19.7. The Morgan fingerprint density at radius 2 is 1.72 bits per heavy atom. The number of hydrogen-bond acceptors (Lipinski definition) is 4. The average molecular weight is 407 g/mol. The molecule has 4 rings (SSSR count). The van der Waals surface area contributed by atoms with Crippen LogP contribution in [0.25, 0.3) is 5.69 Å². The van der Waals surface area contributed by atoms with Crippen LogP contribution in [-0.4, -0.2) is 57.2 Å². The summed E-state index contributed by atoms with van der Waals surface area (Å²) in [6.45, 7) is 6.46. The minimum atomic E-state index is 0.189. The monoisotopic (exact) mass is 406 g/mol. The number of imidazole rings is 1. The number of rotatable bonds is 6. The van der Waals surface area contributed by atoms with Gasteiger partial charge in [-0.25, -0.2) is 4.98 Å². The molecule has 5 nitrogen and oxygen atoms in total. The highest BCUT2D eigenvalue weighted by Gasteiger charge is 2.21. The van der Waals surface area contributed by atoms with E-state index in [9.17, 15) is 4.79 Å². The lowest BCUT2D eigenvalue weighted by atomic mass is 10.2. The number of para-hydroxylation sites is 1. The summed E-state index contributed by atoms with van der Waals surface area (Å²) in [7, 11) is 0. The number of carbonyl (C=O) groups is 1. The van der Waals surface area contributed by atoms with E-state index in [1.807, 2.05) is 29.3 Å². The van der Waals surface area contributed by atoms with Crippen LogP contribution in [0.1, 0.15) is 11.1 Å². The van der Waals surface area contributed by atoms with E-state index in [1.165, 1.54) is 22.9 Å². The fraction of sp³-hybridized carbons (Fsp3) is 0.304. The highest BCUT2D eigenvalue weighted by molar-refractivity contribution is 7.99. The highest BCUT2D eigenvalue weighted by atomic mass is 32.2. The van der Waals surface area contributed by atoms with Crippen molar-refractivity contribution in [2.24, 2.45) is 0 Å². The molecule has 0 bridgehead atoms. The molecule has 0 aliphatic carbocycles. The van der Waals surface area contributed by atoms with E-state index in [0.717, 1.165) is 43.6 Å². The van der Waals surface area contributed by atoms with Gasteiger partial charge in [0.15, 0.2) is 5.16 Å². The number of carbonyl (C=O) groups excluding carboxylic acids is 1. The quantitative estimate of drug-likeness (QED) is 0.587. The van der Waals surface area contributed by atoms with Crippen LogP contribution in [0.2, 0.25) is 0 Å². The lowest BCUT2D eigenvalue weighted by Gasteiger charge is -2.34. The van der Waals surface area contributed by atoms with Crippen molar-refractivity contribution in [3.63, 3.8) is 0 Å². The first-order chi connectivity index (χ1) is 14.2. The first-order valence-corrected chi connectivity index (χ1v) is 11.0. The third kappa shape index (κ3) is 4.89. The molecule has 0 radical (unpaired) electrons. The summed E-state index contributed by atoms with van der Waals surface area (Å²) < 4.78 is 2.06. The molecule has 0 spiro atoms. The predicted molar refractivity (Wildman–Crippen MR) is 117 cm³/mol. The number of hydrogen-bond donors (Lipinski definition) is 0. The smallest absolute Gasteiger partial charge is 0.233 e. The van der Waals surface area contributed by atoms with Gasteiger partial charge in [0.05, 0.1) is 11.4 Å². The second-order valence-corrected chi connectivity index (χ2v) is 8.24. The Hall–Kier alpha value is -2.57. The fourth-order valence-electron chi connectivity index (χ4n) is 3.63. The molecule has 0 saturated carbocycles. The van der Waals surface area contributed by atoms with Crippen molar-refractivity contribution in [2.45, 2.75) is 18.6 Å². The Balaban J connectivity index is 1.29. The third-order valence-corrected chi connectivity index (χ3v) is 6.23. The van der Waals surface area contributed by atoms with Gasteiger partial charge in [0.25, 0.3) is 0 Å². The van der Waals surface area contributed by atoms with Gasteiger partial charge in [-0.3, -0.25) is 14.3 Å². The summed E-state index contributed by atoms with van der Waals surface area (Å²) in [6.07, 6.45) is 3.75. The number of aryl methyl sites for hydroxylation is 1. The molecular formula is C23H26N4OS. The molecule has 6 heteroatoms. The van der Waals surface area contributed by atoms with Crippen molar-refractivity contribution in [2.75, 3.05) is 31.9 Å². The minimum absolute atomic E-state index is 0.189. The first-order valence-electron chi connectivity index (χ1n) is 9.97. The molecule has 0 N–H and O–H groups in total. The lowest BCUT2D eigenvalue weighted by molar-refractivity contribution is -0.130. The molecule has 1 fully saturated rings. The van der Waals surface area contributed by atoms with E-state index >= 15 is 0 Å². The van der Waals surface area contributed by atoms with Crippen molar-refractivity contribution < 1.29 is 4.79 Å². The van der Waals surface area contributed by atoms with Gasteiger partial charge >= 0.3 is 0 Å². The highest BCUT2D eigenvalue weighted by Crippen LogP contribution is 2.23. The molecule has 1 aliphatic heterocycles. The van der Waals surface area contributed by atoms with Gasteiger partial charge in [0, 0.05) is 45.1 Å². The van der Waals surface area contributed by atoms with E-state index in [-0.39, 0.29) is 5.91 Å². The molecule has 29 heavy (non-hydrogen) atoms. The van der Waals surface area contributed by atoms with E-state index < -0.39 is 0 Å². The second-order valence-electron chi connectivity index (χ2n) is 7.30. The Kier molecular flexibility index (Phi) is 6.32. The van der Waals surface area contributed by atoms with Crippen molar-refractivity contribution in [3.05, 3.63) is 78.1 Å². The summed E-state index contributed by atoms with van der Waals surface area (Å²) >= 11 is 1.51. The molecule has 150 valence electrons. The fourth-order valence-corrected chi connectivity index (χ4v) is 4.50. The largest absolute Gasteiger partial charge is 0.339 e. The van der Waals surface area contributed by atoms with Gasteiger partial charge in [0.1, 0.15) is 0 Å². The molecule has 1 amide bonds. The normalized spacial score (nSPS) is 14.9. The van der Waals surface area contributed by atoms with E-state index in [1.54, 1.807) is 6.20 Å². The van der Waals surface area contributed by atoms with Crippen molar-refractivity contribution in [3.8, 4) is 5.69 Å². The number of thioether (sulfide) groups is 1. The van der Waals surface area contributed by atoms with Crippen LogP contribution >= 0.6 is 11.8 Å². The SMILES string of the molecule is Cc1ccccc1-n1ccnc1SCC(=O)N1CCN(Cc2ccccc2)CC1. The van der Waals surface area contributed by atoms with Gasteiger partial charge in [-0.15, -0.1) is 0 Å². The molecule has 3 aromatic rings. The van der Waals surface area contributed by atoms with Gasteiger partial charge in [-0.2, -0.15) is 0 Å². The molecule has 1 saturated heterocycles. The topological polar surface area (TPSA) is 41.4 Å². The Morgan fingerprint density at radius 3 is 2.48 bits per heavy atom. The zero-order valence-electron chi connectivity index (χ0n) is 16.7. The van der Waals surface area contributed by atoms with E-state index in [2.05, 4.69) is 57.8 Å². The van der Waals surface area contributed by atoms with Crippen LogP contribution in [0.5, 0.6) is 0 Å². The second kappa shape index (κ2) is 9.29. The lowest BCUT2D eigenvalue weighted by Crippen LogP contribution is -2.48. The summed E-state index contributed by atoms with van der Waals surface area (Å²) in [4.78, 5) is 21.6. The van der Waals surface area contributed by atoms with Crippen LogP contribution in [0.3, 0.4) is 0 Å². The van der Waals surface area contributed by atoms with Gasteiger partial charge < -0.3 is 4.90 Å². The van der Waals surface area contributed by atoms with E-state index in [0.29, 0.717) is 5.75 Å². The van der Waals surface area contributed by atoms with Gasteiger partial charge in [0.2, 0.25) is 5.91 Å². The van der Waals surface area contributed by atoms with Gasteiger partial charge in [-0.1, -0.05) is 60.3 Å². The van der Waals surface area contributed by atoms with Crippen molar-refractivity contribution in [1.82, 2.24) is 19.4 Å². The van der Waals surface area contributed by atoms with Crippen LogP contribution in [0, 0.1) is 6.92 Å². The molecule has 0 unspecified atom stereocenters. The molecule has 2 heterocycles. The third-order valence-electron chi connectivity index (χ3n) is 5.28. The Labute approximate surface area is 176 Å². The molecule has 1 aliphatic rings. The number of amides is 1. The number of benzene rings is 2. The molecule has 0 atom stereocenters.